The maximum absolute atomic E-state index is 13.3. The van der Waals surface area contributed by atoms with Crippen LogP contribution < -0.4 is 0 Å². The predicted octanol–water partition coefficient (Wildman–Crippen LogP) is 4.32. The molecule has 5 rings (SSSR count). The molecule has 32 heavy (non-hydrogen) atoms. The summed E-state index contributed by atoms with van der Waals surface area (Å²) in [5.41, 5.74) is 5.53. The zero-order valence-corrected chi connectivity index (χ0v) is 18.7. The molecule has 7 heteroatoms. The van der Waals surface area contributed by atoms with Crippen LogP contribution in [0.15, 0.2) is 67.0 Å². The average Bonchev–Trinajstić information content (AvgIpc) is 3.26. The molecule has 0 unspecified atom stereocenters. The second-order valence-electron chi connectivity index (χ2n) is 8.18. The van der Waals surface area contributed by atoms with Gasteiger partial charge in [-0.2, -0.15) is 5.10 Å². The first-order valence-electron chi connectivity index (χ1n) is 10.7. The second-order valence-corrected chi connectivity index (χ2v) is 8.62. The maximum Gasteiger partial charge on any atom is 0.259 e. The molecule has 0 aliphatic carbocycles. The van der Waals surface area contributed by atoms with Crippen molar-refractivity contribution in [3.8, 4) is 11.3 Å². The first-order valence-corrected chi connectivity index (χ1v) is 11.1. The van der Waals surface area contributed by atoms with Crippen LogP contribution in [-0.4, -0.2) is 56.5 Å². The number of rotatable bonds is 4. The van der Waals surface area contributed by atoms with Crippen molar-refractivity contribution in [2.45, 2.75) is 13.5 Å². The van der Waals surface area contributed by atoms with E-state index in [2.05, 4.69) is 58.3 Å². The van der Waals surface area contributed by atoms with Gasteiger partial charge in [0.25, 0.3) is 5.91 Å². The number of halogens is 1. The third kappa shape index (κ3) is 4.11. The van der Waals surface area contributed by atoms with Crippen molar-refractivity contribution >= 4 is 23.2 Å². The normalized spacial score (nSPS) is 14.8. The Morgan fingerprint density at radius 1 is 0.969 bits per heavy atom. The number of hydrogen-bond donors (Lipinski definition) is 0. The van der Waals surface area contributed by atoms with E-state index in [-0.39, 0.29) is 5.91 Å². The van der Waals surface area contributed by atoms with Crippen LogP contribution in [0.2, 0.25) is 5.02 Å². The van der Waals surface area contributed by atoms with Crippen LogP contribution in [0.5, 0.6) is 0 Å². The van der Waals surface area contributed by atoms with Crippen LogP contribution in [-0.2, 0) is 6.54 Å². The minimum absolute atomic E-state index is 0.0142. The fourth-order valence-electron chi connectivity index (χ4n) is 4.11. The zero-order chi connectivity index (χ0) is 22.1. The van der Waals surface area contributed by atoms with Gasteiger partial charge < -0.3 is 4.90 Å². The Morgan fingerprint density at radius 2 is 1.69 bits per heavy atom. The average molecular weight is 446 g/mol. The summed E-state index contributed by atoms with van der Waals surface area (Å²) in [5, 5.41) is 5.24. The molecule has 2 aromatic carbocycles. The van der Waals surface area contributed by atoms with E-state index in [1.165, 1.54) is 11.1 Å². The first kappa shape index (κ1) is 20.7. The molecular weight excluding hydrogens is 422 g/mol. The summed E-state index contributed by atoms with van der Waals surface area (Å²) < 4.78 is 1.76. The molecule has 162 valence electrons. The molecule has 0 bridgehead atoms. The highest BCUT2D eigenvalue weighted by atomic mass is 35.5. The quantitative estimate of drug-likeness (QED) is 0.469. The van der Waals surface area contributed by atoms with Gasteiger partial charge in [-0.05, 0) is 30.7 Å². The molecule has 6 nitrogen and oxygen atoms in total. The fourth-order valence-corrected chi connectivity index (χ4v) is 4.24. The van der Waals surface area contributed by atoms with Crippen LogP contribution in [0.1, 0.15) is 21.5 Å². The fraction of sp³-hybridized carbons (Fsp3) is 0.240. The number of aryl methyl sites for hydroxylation is 1. The third-order valence-electron chi connectivity index (χ3n) is 5.96. The molecule has 0 spiro atoms. The van der Waals surface area contributed by atoms with Gasteiger partial charge in [-0.25, -0.2) is 9.50 Å². The highest BCUT2D eigenvalue weighted by molar-refractivity contribution is 6.30. The van der Waals surface area contributed by atoms with Crippen molar-refractivity contribution in [3.05, 3.63) is 88.7 Å². The number of carbonyl (C=O) groups is 1. The Labute approximate surface area is 192 Å². The van der Waals surface area contributed by atoms with Crippen molar-refractivity contribution in [2.24, 2.45) is 0 Å². The number of fused-ring (bicyclic) bond motifs is 1. The Balaban J connectivity index is 1.31. The monoisotopic (exact) mass is 445 g/mol. The van der Waals surface area contributed by atoms with Gasteiger partial charge in [0.15, 0.2) is 5.65 Å². The van der Waals surface area contributed by atoms with E-state index in [4.69, 9.17) is 11.6 Å². The number of carbonyl (C=O) groups excluding carboxylic acids is 1. The molecule has 0 radical (unpaired) electrons. The highest BCUT2D eigenvalue weighted by Crippen LogP contribution is 2.22. The van der Waals surface area contributed by atoms with E-state index >= 15 is 0 Å². The summed E-state index contributed by atoms with van der Waals surface area (Å²) in [7, 11) is 0. The Morgan fingerprint density at radius 3 is 2.41 bits per heavy atom. The van der Waals surface area contributed by atoms with Gasteiger partial charge in [0.2, 0.25) is 0 Å². The molecule has 0 atom stereocenters. The number of nitrogens with zero attached hydrogens (tertiary/aromatic N) is 5. The largest absolute Gasteiger partial charge is 0.336 e. The van der Waals surface area contributed by atoms with E-state index in [0.717, 1.165) is 35.9 Å². The Hall–Kier alpha value is -3.22. The lowest BCUT2D eigenvalue weighted by molar-refractivity contribution is 0.0630. The minimum Gasteiger partial charge on any atom is -0.336 e. The molecular formula is C25H24ClN5O. The van der Waals surface area contributed by atoms with Crippen LogP contribution in [0.4, 0.5) is 0 Å². The molecule has 2 aromatic heterocycles. The zero-order valence-electron chi connectivity index (χ0n) is 17.9. The highest BCUT2D eigenvalue weighted by Gasteiger charge is 2.25. The van der Waals surface area contributed by atoms with Crippen LogP contribution in [0.3, 0.4) is 0 Å². The lowest BCUT2D eigenvalue weighted by Gasteiger charge is -2.34. The van der Waals surface area contributed by atoms with Gasteiger partial charge in [-0.3, -0.25) is 9.69 Å². The first-order chi connectivity index (χ1) is 15.6. The van der Waals surface area contributed by atoms with E-state index in [1.54, 1.807) is 16.9 Å². The van der Waals surface area contributed by atoms with E-state index < -0.39 is 0 Å². The van der Waals surface area contributed by atoms with Crippen molar-refractivity contribution in [3.63, 3.8) is 0 Å². The second kappa shape index (κ2) is 8.73. The number of piperazine rings is 1. The van der Waals surface area contributed by atoms with Gasteiger partial charge in [-0.1, -0.05) is 53.6 Å². The molecule has 1 aliphatic heterocycles. The van der Waals surface area contributed by atoms with Gasteiger partial charge in [0.05, 0.1) is 11.9 Å². The molecule has 1 aliphatic rings. The standard InChI is InChI=1S/C25H24ClN5O/c1-18-2-6-20(7-3-18)23-10-11-27-24-22(16-28-31(23)24)25(32)30-14-12-29(13-15-30)17-19-4-8-21(26)9-5-19/h2-11,16H,12-15,17H2,1H3. The van der Waals surface area contributed by atoms with E-state index in [0.29, 0.717) is 24.3 Å². The lowest BCUT2D eigenvalue weighted by atomic mass is 10.1. The summed E-state index contributed by atoms with van der Waals surface area (Å²) in [6.45, 7) is 5.94. The smallest absolute Gasteiger partial charge is 0.259 e. The predicted molar refractivity (Wildman–Crippen MR) is 126 cm³/mol. The molecule has 0 saturated carbocycles. The summed E-state index contributed by atoms with van der Waals surface area (Å²) >= 11 is 5.98. The summed E-state index contributed by atoms with van der Waals surface area (Å²) in [6.07, 6.45) is 3.38. The van der Waals surface area contributed by atoms with Crippen molar-refractivity contribution in [1.82, 2.24) is 24.4 Å². The number of aromatic nitrogens is 3. The third-order valence-corrected chi connectivity index (χ3v) is 6.21. The SMILES string of the molecule is Cc1ccc(-c2ccnc3c(C(=O)N4CCN(Cc5ccc(Cl)cc5)CC4)cnn23)cc1. The van der Waals surface area contributed by atoms with Crippen LogP contribution in [0.25, 0.3) is 16.9 Å². The summed E-state index contributed by atoms with van der Waals surface area (Å²) in [5.74, 6) is -0.0142. The molecule has 3 heterocycles. The van der Waals surface area contributed by atoms with Gasteiger partial charge in [0.1, 0.15) is 5.56 Å². The van der Waals surface area contributed by atoms with Crippen molar-refractivity contribution in [1.29, 1.82) is 0 Å². The topological polar surface area (TPSA) is 53.7 Å². The summed E-state index contributed by atoms with van der Waals surface area (Å²) in [6, 6.07) is 18.1. The Kier molecular flexibility index (Phi) is 5.64. The van der Waals surface area contributed by atoms with Crippen LogP contribution >= 0.6 is 11.6 Å². The van der Waals surface area contributed by atoms with Crippen molar-refractivity contribution in [2.75, 3.05) is 26.2 Å². The van der Waals surface area contributed by atoms with E-state index in [9.17, 15) is 4.79 Å². The molecule has 4 aromatic rings. The maximum atomic E-state index is 13.3. The van der Waals surface area contributed by atoms with E-state index in [1.807, 2.05) is 23.1 Å². The van der Waals surface area contributed by atoms with Crippen LogP contribution in [0, 0.1) is 6.92 Å². The van der Waals surface area contributed by atoms with Gasteiger partial charge in [0, 0.05) is 49.5 Å². The van der Waals surface area contributed by atoms with Crippen molar-refractivity contribution < 1.29 is 4.79 Å². The number of hydrogen-bond acceptors (Lipinski definition) is 4. The minimum atomic E-state index is -0.0142. The molecule has 1 amide bonds. The molecule has 1 fully saturated rings. The van der Waals surface area contributed by atoms with Gasteiger partial charge in [-0.15, -0.1) is 0 Å². The summed E-state index contributed by atoms with van der Waals surface area (Å²) in [4.78, 5) is 22.0. The number of benzene rings is 2. The Bertz CT molecular complexity index is 1240. The lowest BCUT2D eigenvalue weighted by Crippen LogP contribution is -2.48. The number of amides is 1. The molecule has 1 saturated heterocycles. The van der Waals surface area contributed by atoms with Gasteiger partial charge >= 0.3 is 0 Å². The molecule has 0 N–H and O–H groups in total.